The van der Waals surface area contributed by atoms with Crippen LogP contribution in [0.4, 0.5) is 4.79 Å². The first-order valence-corrected chi connectivity index (χ1v) is 20.6. The normalized spacial score (nSPS) is 28.7. The molecule has 310 valence electrons. The number of benzene rings is 2. The van der Waals surface area contributed by atoms with Crippen molar-refractivity contribution in [2.75, 3.05) is 39.9 Å². The summed E-state index contributed by atoms with van der Waals surface area (Å²) in [5.74, 6) is -0.292. The van der Waals surface area contributed by atoms with Crippen LogP contribution in [0.2, 0.25) is 0 Å². The van der Waals surface area contributed by atoms with Crippen molar-refractivity contribution in [2.24, 2.45) is 0 Å². The number of amides is 2. The highest BCUT2D eigenvalue weighted by atomic mass is 32.2. The Kier molecular flexibility index (Phi) is 10.1. The molecule has 1 unspecified atom stereocenters. The number of aryl methyl sites for hydroxylation is 1. The summed E-state index contributed by atoms with van der Waals surface area (Å²) >= 11 is 1.35. The average Bonchev–Trinajstić information content (AvgIpc) is 3.85. The number of methoxy groups -OCH3 is 1. The molecule has 16 nitrogen and oxygen atoms in total. The first kappa shape index (κ1) is 39.9. The van der Waals surface area contributed by atoms with Gasteiger partial charge in [-0.2, -0.15) is 5.26 Å². The zero-order valence-electron chi connectivity index (χ0n) is 33.9. The van der Waals surface area contributed by atoms with Crippen molar-refractivity contribution in [3.05, 3.63) is 39.4 Å². The van der Waals surface area contributed by atoms with Crippen LogP contribution in [0.1, 0.15) is 91.3 Å². The highest BCUT2D eigenvalue weighted by Gasteiger charge is 2.61. The summed E-state index contributed by atoms with van der Waals surface area (Å²) in [6, 6.07) is -0.370. The molecule has 3 saturated heterocycles. The molecule has 0 aromatic heterocycles. The van der Waals surface area contributed by atoms with Crippen LogP contribution in [0, 0.1) is 25.2 Å². The van der Waals surface area contributed by atoms with E-state index in [9.17, 15) is 29.5 Å². The van der Waals surface area contributed by atoms with Crippen molar-refractivity contribution in [3.63, 3.8) is 0 Å². The van der Waals surface area contributed by atoms with Crippen LogP contribution >= 0.6 is 11.8 Å². The van der Waals surface area contributed by atoms with Gasteiger partial charge in [0.2, 0.25) is 12.7 Å². The molecule has 2 aromatic carbocycles. The number of hydrogen-bond acceptors (Lipinski definition) is 15. The number of thioether (sulfide) groups is 1. The molecule has 2 amide bonds. The van der Waals surface area contributed by atoms with Gasteiger partial charge >= 0.3 is 18.0 Å². The Morgan fingerprint density at radius 2 is 1.83 bits per heavy atom. The van der Waals surface area contributed by atoms with E-state index < -0.39 is 71.0 Å². The molecule has 58 heavy (non-hydrogen) atoms. The number of nitrogens with zero attached hydrogens (tertiary/aromatic N) is 4. The van der Waals surface area contributed by atoms with E-state index in [4.69, 9.17) is 28.4 Å². The molecule has 0 aliphatic carbocycles. The number of ether oxygens (including phenoxy) is 6. The summed E-state index contributed by atoms with van der Waals surface area (Å²) in [7, 11) is 3.46. The van der Waals surface area contributed by atoms with E-state index >= 15 is 0 Å². The number of nitrogens with one attached hydrogen (secondary N) is 1. The molecule has 2 N–H and O–H groups in total. The molecule has 7 aliphatic heterocycles. The summed E-state index contributed by atoms with van der Waals surface area (Å²) in [6.45, 7) is 10.2. The van der Waals surface area contributed by atoms with Crippen LogP contribution < -0.4 is 24.3 Å². The van der Waals surface area contributed by atoms with Gasteiger partial charge in [-0.1, -0.05) is 6.07 Å². The fraction of sp³-hybridized carbons (Fsp3) is 0.585. The van der Waals surface area contributed by atoms with E-state index in [0.29, 0.717) is 65.3 Å². The lowest BCUT2D eigenvalue weighted by molar-refractivity contribution is -0.153. The number of hydrogen-bond donors (Lipinski definition) is 2. The highest BCUT2D eigenvalue weighted by Crippen LogP contribution is 2.64. The summed E-state index contributed by atoms with van der Waals surface area (Å²) < 4.78 is 35.7. The topological polar surface area (TPSA) is 189 Å². The van der Waals surface area contributed by atoms with Crippen molar-refractivity contribution in [3.8, 4) is 34.8 Å². The Morgan fingerprint density at radius 1 is 1.09 bits per heavy atom. The predicted molar refractivity (Wildman–Crippen MR) is 208 cm³/mol. The Hall–Kier alpha value is -4.92. The first-order valence-electron chi connectivity index (χ1n) is 19.6. The van der Waals surface area contributed by atoms with Crippen LogP contribution in [0.25, 0.3) is 0 Å². The number of likely N-dealkylation sites (tertiary alicyclic amines) is 1. The maximum atomic E-state index is 14.1. The van der Waals surface area contributed by atoms with Crippen molar-refractivity contribution in [1.82, 2.24) is 20.0 Å². The Balaban J connectivity index is 1.27. The minimum Gasteiger partial charge on any atom is -0.504 e. The molecule has 7 aliphatic rings. The van der Waals surface area contributed by atoms with Gasteiger partial charge in [-0.05, 0) is 72.1 Å². The van der Waals surface area contributed by atoms with Crippen molar-refractivity contribution < 1.29 is 52.7 Å². The lowest BCUT2D eigenvalue weighted by atomic mass is 9.71. The second-order valence-electron chi connectivity index (χ2n) is 16.8. The Labute approximate surface area is 341 Å². The molecule has 0 radical (unpaired) electrons. The molecular weight excluding hydrogens is 771 g/mol. The van der Waals surface area contributed by atoms with Crippen molar-refractivity contribution in [2.45, 2.75) is 114 Å². The van der Waals surface area contributed by atoms with Gasteiger partial charge < -0.3 is 38.8 Å². The minimum absolute atomic E-state index is 0.00296. The van der Waals surface area contributed by atoms with Gasteiger partial charge in [-0.15, -0.1) is 11.8 Å². The van der Waals surface area contributed by atoms with Crippen LogP contribution in [0.5, 0.6) is 28.7 Å². The molecule has 4 bridgehead atoms. The van der Waals surface area contributed by atoms with Crippen LogP contribution in [0.3, 0.4) is 0 Å². The van der Waals surface area contributed by atoms with E-state index in [2.05, 4.69) is 21.2 Å². The monoisotopic (exact) mass is 819 g/mol. The summed E-state index contributed by atoms with van der Waals surface area (Å²) in [5.41, 5.74) is 3.31. The number of phenols is 1. The average molecular weight is 820 g/mol. The third-order valence-electron chi connectivity index (χ3n) is 12.2. The Morgan fingerprint density at radius 3 is 2.52 bits per heavy atom. The number of esters is 2. The molecular formula is C41H49N5O11S. The quantitative estimate of drug-likeness (QED) is 0.331. The molecule has 7 heterocycles. The van der Waals surface area contributed by atoms with Gasteiger partial charge in [0.05, 0.1) is 30.5 Å². The molecule has 0 spiro atoms. The zero-order valence-corrected chi connectivity index (χ0v) is 34.7. The molecule has 17 heteroatoms. The fourth-order valence-electron chi connectivity index (χ4n) is 9.91. The lowest BCUT2D eigenvalue weighted by Gasteiger charge is -2.61. The molecule has 0 saturated carbocycles. The number of rotatable bonds is 4. The maximum absolute atomic E-state index is 14.1. The van der Waals surface area contributed by atoms with Gasteiger partial charge in [-0.3, -0.25) is 24.3 Å². The first-order chi connectivity index (χ1) is 27.6. The van der Waals surface area contributed by atoms with E-state index in [1.54, 1.807) is 27.7 Å². The lowest BCUT2D eigenvalue weighted by Crippen LogP contribution is -2.69. The number of phenolic OH excluding ortho intramolecular Hbond substituents is 1. The van der Waals surface area contributed by atoms with Crippen molar-refractivity contribution in [1.29, 1.82) is 5.26 Å². The molecule has 3 fully saturated rings. The second-order valence-corrected chi connectivity index (χ2v) is 17.9. The SMILES string of the molecule is COc1c(C)cc2c(c1O)[C@@H]1[C@@H]3[C@@H]4SCC(NC(=O)[C@@H]5CCCN5C(=O)OC(C)(C)C)C(=O)OC[C@@H](c5c6c(c(C)c(OC(C)=O)c54)OCO6)N3[C@@H](C#N)[C@H](C2)N1C. The minimum atomic E-state index is -1.14. The number of carbonyl (C=O) groups excluding carboxylic acids is 4. The number of piperazine rings is 1. The fourth-order valence-corrected chi connectivity index (χ4v) is 11.4. The number of nitriles is 1. The van der Waals surface area contributed by atoms with Crippen LogP contribution in [-0.4, -0.2) is 119 Å². The van der Waals surface area contributed by atoms with Crippen molar-refractivity contribution >= 4 is 35.7 Å². The third-order valence-corrected chi connectivity index (χ3v) is 13.6. The second kappa shape index (κ2) is 14.7. The predicted octanol–water partition coefficient (Wildman–Crippen LogP) is 4.12. The summed E-state index contributed by atoms with van der Waals surface area (Å²) in [5, 5.41) is 25.3. The number of fused-ring (bicyclic) bond motifs is 10. The third kappa shape index (κ3) is 6.35. The molecule has 9 rings (SSSR count). The van der Waals surface area contributed by atoms with Gasteiger partial charge in [0.25, 0.3) is 0 Å². The maximum Gasteiger partial charge on any atom is 0.410 e. The van der Waals surface area contributed by atoms with Crippen LogP contribution in [-0.2, 0) is 30.3 Å². The number of carbonyl (C=O) groups is 4. The standard InChI is InChI=1S/C41H49N5O11S/c1-18-12-21-13-24-25(14-42)46-26-15-53-39(50)22(43-38(49)23-10-9-11-45(23)40(51)57-41(4,5)6)16-58-37(31(46)30(44(24)7)27(21)32(48)33(18)52-8)29-28(26)36-35(54-17-55-36)19(2)34(29)56-20(3)47/h12,22-26,30-31,37,48H,9-11,13,15-17H2,1-8H3,(H,43,49)/t22?,23-,24-,25-,26-,30+,31+,37+/m0/s1. The van der Waals surface area contributed by atoms with Gasteiger partial charge in [0, 0.05) is 53.6 Å². The van der Waals surface area contributed by atoms with Gasteiger partial charge in [0.15, 0.2) is 23.0 Å². The largest absolute Gasteiger partial charge is 0.504 e. The van der Waals surface area contributed by atoms with E-state index in [0.717, 1.165) is 11.1 Å². The summed E-state index contributed by atoms with van der Waals surface area (Å²) in [4.78, 5) is 59.7. The smallest absolute Gasteiger partial charge is 0.410 e. The van der Waals surface area contributed by atoms with E-state index in [1.807, 2.05) is 20.0 Å². The zero-order chi connectivity index (χ0) is 41.5. The van der Waals surface area contributed by atoms with Crippen LogP contribution in [0.15, 0.2) is 6.07 Å². The number of aromatic hydroxyl groups is 1. The molecule has 2 aromatic rings. The van der Waals surface area contributed by atoms with E-state index in [-0.39, 0.29) is 36.7 Å². The Bertz CT molecular complexity index is 2130. The number of likely N-dealkylation sites (N-methyl/N-ethyl adjacent to an activating group) is 1. The van der Waals surface area contributed by atoms with Gasteiger partial charge in [-0.25, -0.2) is 9.59 Å². The highest BCUT2D eigenvalue weighted by molar-refractivity contribution is 7.99. The van der Waals surface area contributed by atoms with Gasteiger partial charge in [0.1, 0.15) is 36.1 Å². The molecule has 8 atom stereocenters. The summed E-state index contributed by atoms with van der Waals surface area (Å²) in [6.07, 6.45) is 0.828. The van der Waals surface area contributed by atoms with E-state index in [1.165, 1.54) is 30.7 Å².